The Morgan fingerprint density at radius 1 is 1.15 bits per heavy atom. The lowest BCUT2D eigenvalue weighted by molar-refractivity contribution is -0.122. The first-order chi connectivity index (χ1) is 13.0. The maximum Gasteiger partial charge on any atom is 0.257 e. The number of rotatable bonds is 10. The number of carbonyl (C=O) groups is 2. The quantitative estimate of drug-likeness (QED) is 0.496. The van der Waals surface area contributed by atoms with E-state index in [1.165, 1.54) is 31.9 Å². The Hall–Kier alpha value is -2.54. The fourth-order valence-corrected chi connectivity index (χ4v) is 3.11. The molecule has 1 amide bonds. The molecule has 144 valence electrons. The zero-order chi connectivity index (χ0) is 19.6. The molecule has 0 fully saturated rings. The van der Waals surface area contributed by atoms with Crippen molar-refractivity contribution in [1.82, 2.24) is 5.32 Å². The number of Topliss-reactive ketones (excluding diaryl/α,β-unsaturated/α-hetero) is 1. The van der Waals surface area contributed by atoms with E-state index in [2.05, 4.69) is 5.32 Å². The van der Waals surface area contributed by atoms with Gasteiger partial charge in [-0.15, -0.1) is 0 Å². The first-order valence-corrected chi connectivity index (χ1v) is 9.56. The van der Waals surface area contributed by atoms with Crippen LogP contribution in [0.15, 0.2) is 42.5 Å². The molecule has 2 aromatic rings. The minimum atomic E-state index is -0.265. The lowest BCUT2D eigenvalue weighted by atomic mass is 10.1. The van der Waals surface area contributed by atoms with Gasteiger partial charge in [0.05, 0.1) is 7.11 Å². The molecule has 7 heteroatoms. The lowest BCUT2D eigenvalue weighted by Gasteiger charge is -2.11. The predicted octanol–water partition coefficient (Wildman–Crippen LogP) is 3.47. The molecule has 0 aliphatic carbocycles. The summed E-state index contributed by atoms with van der Waals surface area (Å²) in [4.78, 5) is 23.3. The lowest BCUT2D eigenvalue weighted by Crippen LogP contribution is -2.30. The third kappa shape index (κ3) is 6.60. The molecule has 0 spiro atoms. The van der Waals surface area contributed by atoms with Gasteiger partial charge in [0, 0.05) is 23.6 Å². The Kier molecular flexibility index (Phi) is 8.13. The molecule has 0 aliphatic heterocycles. The molecule has 2 rings (SSSR count). The van der Waals surface area contributed by atoms with Crippen molar-refractivity contribution in [2.75, 3.05) is 26.0 Å². The number of hydrogen-bond donors (Lipinski definition) is 1. The highest BCUT2D eigenvalue weighted by atomic mass is 32.2. The standard InChI is InChI=1S/C20H22FNO4S/c1-14(23)15-7-8-18(19(11-15)25-2)26-12-20(24)22-9-10-27-13-16-5-3-4-6-17(16)21/h3-8,11H,9-10,12-13H2,1-2H3,(H,22,24). The zero-order valence-corrected chi connectivity index (χ0v) is 16.1. The Bertz CT molecular complexity index is 797. The maximum absolute atomic E-state index is 13.5. The third-order valence-corrected chi connectivity index (χ3v) is 4.72. The molecule has 2 aromatic carbocycles. The van der Waals surface area contributed by atoms with E-state index in [4.69, 9.17) is 9.47 Å². The van der Waals surface area contributed by atoms with E-state index in [1.54, 1.807) is 36.4 Å². The topological polar surface area (TPSA) is 64.6 Å². The Balaban J connectivity index is 1.70. The second-order valence-corrected chi connectivity index (χ2v) is 6.81. The number of ketones is 1. The number of methoxy groups -OCH3 is 1. The molecule has 1 N–H and O–H groups in total. The zero-order valence-electron chi connectivity index (χ0n) is 15.3. The highest BCUT2D eigenvalue weighted by Gasteiger charge is 2.10. The number of thioether (sulfide) groups is 1. The van der Waals surface area contributed by atoms with Gasteiger partial charge in [-0.1, -0.05) is 18.2 Å². The summed E-state index contributed by atoms with van der Waals surface area (Å²) in [5.74, 6) is 1.45. The Morgan fingerprint density at radius 3 is 2.63 bits per heavy atom. The fourth-order valence-electron chi connectivity index (χ4n) is 2.26. The van der Waals surface area contributed by atoms with Crippen LogP contribution in [0.5, 0.6) is 11.5 Å². The van der Waals surface area contributed by atoms with Crippen LogP contribution in [-0.2, 0) is 10.5 Å². The van der Waals surface area contributed by atoms with Gasteiger partial charge in [0.25, 0.3) is 5.91 Å². The van der Waals surface area contributed by atoms with Crippen LogP contribution in [0.1, 0.15) is 22.8 Å². The van der Waals surface area contributed by atoms with Gasteiger partial charge in [-0.05, 0) is 36.8 Å². The number of ether oxygens (including phenoxy) is 2. The number of halogens is 1. The largest absolute Gasteiger partial charge is 0.493 e. The summed E-state index contributed by atoms with van der Waals surface area (Å²) < 4.78 is 24.1. The summed E-state index contributed by atoms with van der Waals surface area (Å²) in [6.45, 7) is 1.77. The molecule has 5 nitrogen and oxygen atoms in total. The monoisotopic (exact) mass is 391 g/mol. The third-order valence-electron chi connectivity index (χ3n) is 3.71. The molecular formula is C20H22FNO4S. The van der Waals surface area contributed by atoms with Crippen LogP contribution in [0.3, 0.4) is 0 Å². The summed E-state index contributed by atoms with van der Waals surface area (Å²) in [5.41, 5.74) is 1.16. The van der Waals surface area contributed by atoms with E-state index in [0.717, 1.165) is 0 Å². The normalized spacial score (nSPS) is 10.3. The predicted molar refractivity (Wildman–Crippen MR) is 104 cm³/mol. The van der Waals surface area contributed by atoms with Crippen LogP contribution in [-0.4, -0.2) is 37.7 Å². The van der Waals surface area contributed by atoms with E-state index in [1.807, 2.05) is 0 Å². The first-order valence-electron chi connectivity index (χ1n) is 8.41. The van der Waals surface area contributed by atoms with Crippen LogP contribution in [0.2, 0.25) is 0 Å². The highest BCUT2D eigenvalue weighted by Crippen LogP contribution is 2.28. The number of amides is 1. The number of carbonyl (C=O) groups excluding carboxylic acids is 2. The average molecular weight is 391 g/mol. The molecule has 0 aromatic heterocycles. The van der Waals surface area contributed by atoms with E-state index >= 15 is 0 Å². The van der Waals surface area contributed by atoms with E-state index in [0.29, 0.717) is 40.7 Å². The van der Waals surface area contributed by atoms with Crippen molar-refractivity contribution in [2.24, 2.45) is 0 Å². The Labute approximate surface area is 162 Å². The second kappa shape index (κ2) is 10.6. The van der Waals surface area contributed by atoms with Gasteiger partial charge in [0.15, 0.2) is 23.9 Å². The molecule has 0 bridgehead atoms. The molecular weight excluding hydrogens is 369 g/mol. The van der Waals surface area contributed by atoms with Gasteiger partial charge >= 0.3 is 0 Å². The maximum atomic E-state index is 13.5. The number of benzene rings is 2. The summed E-state index contributed by atoms with van der Waals surface area (Å²) >= 11 is 1.54. The van der Waals surface area contributed by atoms with Gasteiger partial charge in [-0.2, -0.15) is 11.8 Å². The van der Waals surface area contributed by atoms with Gasteiger partial charge < -0.3 is 14.8 Å². The van der Waals surface area contributed by atoms with Crippen molar-refractivity contribution in [3.63, 3.8) is 0 Å². The van der Waals surface area contributed by atoms with Crippen molar-refractivity contribution >= 4 is 23.5 Å². The van der Waals surface area contributed by atoms with Crippen molar-refractivity contribution in [3.05, 3.63) is 59.4 Å². The second-order valence-electron chi connectivity index (χ2n) is 5.70. The van der Waals surface area contributed by atoms with E-state index in [-0.39, 0.29) is 24.1 Å². The number of nitrogens with one attached hydrogen (secondary N) is 1. The molecule has 0 atom stereocenters. The molecule has 0 aliphatic rings. The summed E-state index contributed by atoms with van der Waals surface area (Å²) in [6, 6.07) is 11.5. The molecule has 0 saturated heterocycles. The summed E-state index contributed by atoms with van der Waals surface area (Å²) in [5, 5.41) is 2.75. The minimum absolute atomic E-state index is 0.0783. The van der Waals surface area contributed by atoms with Gasteiger partial charge in [0.1, 0.15) is 5.82 Å². The first kappa shape index (κ1) is 20.8. The van der Waals surface area contributed by atoms with E-state index < -0.39 is 0 Å². The SMILES string of the molecule is COc1cc(C(C)=O)ccc1OCC(=O)NCCSCc1ccccc1F. The van der Waals surface area contributed by atoms with Gasteiger partial charge in [0.2, 0.25) is 0 Å². The Morgan fingerprint density at radius 2 is 1.93 bits per heavy atom. The fraction of sp³-hybridized carbons (Fsp3) is 0.300. The van der Waals surface area contributed by atoms with Crippen LogP contribution in [0, 0.1) is 5.82 Å². The molecule has 0 heterocycles. The van der Waals surface area contributed by atoms with Crippen molar-refractivity contribution in [1.29, 1.82) is 0 Å². The molecule has 0 radical (unpaired) electrons. The van der Waals surface area contributed by atoms with Gasteiger partial charge in [-0.25, -0.2) is 4.39 Å². The summed E-state index contributed by atoms with van der Waals surface area (Å²) in [6.07, 6.45) is 0. The highest BCUT2D eigenvalue weighted by molar-refractivity contribution is 7.98. The van der Waals surface area contributed by atoms with Crippen molar-refractivity contribution in [3.8, 4) is 11.5 Å². The van der Waals surface area contributed by atoms with Crippen LogP contribution < -0.4 is 14.8 Å². The number of hydrogen-bond acceptors (Lipinski definition) is 5. The van der Waals surface area contributed by atoms with Crippen molar-refractivity contribution in [2.45, 2.75) is 12.7 Å². The van der Waals surface area contributed by atoms with Crippen LogP contribution in [0.4, 0.5) is 4.39 Å². The van der Waals surface area contributed by atoms with Crippen LogP contribution in [0.25, 0.3) is 0 Å². The molecule has 27 heavy (non-hydrogen) atoms. The van der Waals surface area contributed by atoms with E-state index in [9.17, 15) is 14.0 Å². The average Bonchev–Trinajstić information content (AvgIpc) is 2.67. The van der Waals surface area contributed by atoms with Crippen LogP contribution >= 0.6 is 11.8 Å². The van der Waals surface area contributed by atoms with Gasteiger partial charge in [-0.3, -0.25) is 9.59 Å². The minimum Gasteiger partial charge on any atom is -0.493 e. The smallest absolute Gasteiger partial charge is 0.257 e. The van der Waals surface area contributed by atoms with Crippen molar-refractivity contribution < 1.29 is 23.5 Å². The summed E-state index contributed by atoms with van der Waals surface area (Å²) in [7, 11) is 1.47. The molecule has 0 unspecified atom stereocenters. The molecule has 0 saturated carbocycles.